The monoisotopic (exact) mass is 355 g/mol. The van der Waals surface area contributed by atoms with Crippen LogP contribution in [0.3, 0.4) is 0 Å². The van der Waals surface area contributed by atoms with Crippen molar-refractivity contribution in [2.45, 2.75) is 19.5 Å². The number of hydrogen-bond acceptors (Lipinski definition) is 3. The average molecular weight is 356 g/mol. The maximum absolute atomic E-state index is 12.7. The van der Waals surface area contributed by atoms with Crippen LogP contribution in [0, 0.1) is 0 Å². The van der Waals surface area contributed by atoms with E-state index >= 15 is 0 Å². The molecule has 2 aromatic carbocycles. The van der Waals surface area contributed by atoms with E-state index < -0.39 is 0 Å². The fourth-order valence-electron chi connectivity index (χ4n) is 2.71. The maximum atomic E-state index is 12.7. The van der Waals surface area contributed by atoms with Crippen molar-refractivity contribution < 1.29 is 4.79 Å². The van der Waals surface area contributed by atoms with Crippen LogP contribution in [0.15, 0.2) is 59.5 Å². The number of hydrogen-bond donors (Lipinski definition) is 0. The molecule has 0 aliphatic heterocycles. The Morgan fingerprint density at radius 3 is 2.60 bits per heavy atom. The summed E-state index contributed by atoms with van der Waals surface area (Å²) in [6.07, 6.45) is 1.25. The van der Waals surface area contributed by atoms with Crippen molar-refractivity contribution in [2.75, 3.05) is 7.05 Å². The van der Waals surface area contributed by atoms with Crippen LogP contribution in [0.25, 0.3) is 10.9 Å². The van der Waals surface area contributed by atoms with Crippen LogP contribution in [-0.2, 0) is 11.3 Å². The summed E-state index contributed by atoms with van der Waals surface area (Å²) in [6.45, 7) is 2.02. The number of aromatic nitrogens is 2. The number of halogens is 1. The zero-order chi connectivity index (χ0) is 18.0. The molecule has 0 spiro atoms. The molecule has 1 heterocycles. The molecule has 0 saturated carbocycles. The highest BCUT2D eigenvalue weighted by Gasteiger charge is 2.18. The Morgan fingerprint density at radius 2 is 1.88 bits per heavy atom. The lowest BCUT2D eigenvalue weighted by Gasteiger charge is -2.26. The zero-order valence-corrected chi connectivity index (χ0v) is 14.8. The smallest absolute Gasteiger partial charge is 0.244 e. The molecule has 0 radical (unpaired) electrons. The molecule has 3 aromatic rings. The van der Waals surface area contributed by atoms with E-state index in [1.807, 2.05) is 37.3 Å². The predicted octanol–water partition coefficient (Wildman–Crippen LogP) is 3.27. The third kappa shape index (κ3) is 3.56. The van der Waals surface area contributed by atoms with Gasteiger partial charge in [0.2, 0.25) is 11.3 Å². The summed E-state index contributed by atoms with van der Waals surface area (Å²) in [4.78, 5) is 26.2. The predicted molar refractivity (Wildman–Crippen MR) is 98.6 cm³/mol. The van der Waals surface area contributed by atoms with Gasteiger partial charge in [-0.15, -0.1) is 0 Å². The Kier molecular flexibility index (Phi) is 4.86. The summed E-state index contributed by atoms with van der Waals surface area (Å²) >= 11 is 5.92. The molecule has 0 aliphatic rings. The van der Waals surface area contributed by atoms with Crippen LogP contribution in [0.1, 0.15) is 18.5 Å². The summed E-state index contributed by atoms with van der Waals surface area (Å²) in [5, 5.41) is 5.33. The summed E-state index contributed by atoms with van der Waals surface area (Å²) in [5.41, 5.74) is 1.50. The molecule has 1 atom stereocenters. The van der Waals surface area contributed by atoms with Gasteiger partial charge in [-0.25, -0.2) is 0 Å². The molecule has 128 valence electrons. The largest absolute Gasteiger partial charge is 0.337 e. The first-order valence-corrected chi connectivity index (χ1v) is 8.31. The first-order valence-electron chi connectivity index (χ1n) is 7.93. The van der Waals surface area contributed by atoms with Gasteiger partial charge in [0.1, 0.15) is 6.54 Å². The SMILES string of the molecule is CC(c1ccc(Cl)cc1)N(C)C(=O)Cn1ncc(=O)c2ccccc21. The molecular weight excluding hydrogens is 338 g/mol. The molecule has 6 heteroatoms. The van der Waals surface area contributed by atoms with Crippen molar-refractivity contribution in [3.8, 4) is 0 Å². The van der Waals surface area contributed by atoms with E-state index in [-0.39, 0.29) is 23.9 Å². The van der Waals surface area contributed by atoms with Gasteiger partial charge in [-0.05, 0) is 36.8 Å². The topological polar surface area (TPSA) is 55.2 Å². The molecule has 3 rings (SSSR count). The number of fused-ring (bicyclic) bond motifs is 1. The van der Waals surface area contributed by atoms with Crippen molar-refractivity contribution in [3.05, 3.63) is 75.5 Å². The molecule has 0 bridgehead atoms. The van der Waals surface area contributed by atoms with E-state index in [0.717, 1.165) is 5.56 Å². The number of likely N-dealkylation sites (N-methyl/N-ethyl adjacent to an activating group) is 1. The zero-order valence-electron chi connectivity index (χ0n) is 14.0. The third-order valence-corrected chi connectivity index (χ3v) is 4.63. The minimum Gasteiger partial charge on any atom is -0.337 e. The average Bonchev–Trinajstić information content (AvgIpc) is 2.63. The van der Waals surface area contributed by atoms with Crippen LogP contribution in [0.4, 0.5) is 0 Å². The van der Waals surface area contributed by atoms with Gasteiger partial charge in [-0.3, -0.25) is 14.3 Å². The van der Waals surface area contributed by atoms with Crippen LogP contribution in [0.5, 0.6) is 0 Å². The van der Waals surface area contributed by atoms with Crippen LogP contribution >= 0.6 is 11.6 Å². The van der Waals surface area contributed by atoms with E-state index in [9.17, 15) is 9.59 Å². The van der Waals surface area contributed by atoms with E-state index in [1.165, 1.54) is 6.20 Å². The number of benzene rings is 2. The van der Waals surface area contributed by atoms with Gasteiger partial charge in [-0.1, -0.05) is 35.9 Å². The van der Waals surface area contributed by atoms with Gasteiger partial charge in [0.15, 0.2) is 0 Å². The Balaban J connectivity index is 1.83. The minimum absolute atomic E-state index is 0.0647. The van der Waals surface area contributed by atoms with Gasteiger partial charge in [0.25, 0.3) is 0 Å². The van der Waals surface area contributed by atoms with Crippen LogP contribution < -0.4 is 5.43 Å². The van der Waals surface area contributed by atoms with Crippen molar-refractivity contribution in [1.29, 1.82) is 0 Å². The lowest BCUT2D eigenvalue weighted by atomic mass is 10.1. The number of rotatable bonds is 4. The van der Waals surface area contributed by atoms with Crippen LogP contribution in [0.2, 0.25) is 5.02 Å². The molecule has 0 aliphatic carbocycles. The fourth-order valence-corrected chi connectivity index (χ4v) is 2.83. The molecule has 5 nitrogen and oxygen atoms in total. The van der Waals surface area contributed by atoms with Gasteiger partial charge < -0.3 is 4.90 Å². The summed E-state index contributed by atoms with van der Waals surface area (Å²) in [6, 6.07) is 14.5. The van der Waals surface area contributed by atoms with Crippen LogP contribution in [-0.4, -0.2) is 27.6 Å². The summed E-state index contributed by atoms with van der Waals surface area (Å²) < 4.78 is 1.56. The second-order valence-corrected chi connectivity index (χ2v) is 6.35. The second-order valence-electron chi connectivity index (χ2n) is 5.92. The number of carbonyl (C=O) groups is 1. The van der Waals surface area contributed by atoms with Crippen molar-refractivity contribution in [3.63, 3.8) is 0 Å². The maximum Gasteiger partial charge on any atom is 0.244 e. The first-order chi connectivity index (χ1) is 12.0. The fraction of sp³-hybridized carbons (Fsp3) is 0.211. The van der Waals surface area contributed by atoms with Gasteiger partial charge in [0.05, 0.1) is 17.8 Å². The molecule has 1 unspecified atom stereocenters. The molecule has 1 amide bonds. The molecule has 0 N–H and O–H groups in total. The van der Waals surface area contributed by atoms with Crippen molar-refractivity contribution in [2.24, 2.45) is 0 Å². The lowest BCUT2D eigenvalue weighted by Crippen LogP contribution is -2.33. The van der Waals surface area contributed by atoms with Gasteiger partial charge in [-0.2, -0.15) is 5.10 Å². The third-order valence-electron chi connectivity index (χ3n) is 4.37. The molecule has 1 aromatic heterocycles. The van der Waals surface area contributed by atoms with Crippen molar-refractivity contribution >= 4 is 28.4 Å². The highest BCUT2D eigenvalue weighted by Crippen LogP contribution is 2.21. The molecule has 0 saturated heterocycles. The highest BCUT2D eigenvalue weighted by atomic mass is 35.5. The highest BCUT2D eigenvalue weighted by molar-refractivity contribution is 6.30. The minimum atomic E-state index is -0.151. The van der Waals surface area contributed by atoms with E-state index in [2.05, 4.69) is 5.10 Å². The normalized spacial score (nSPS) is 12.1. The first kappa shape index (κ1) is 17.2. The van der Waals surface area contributed by atoms with E-state index in [0.29, 0.717) is 15.9 Å². The Labute approximate surface area is 150 Å². The summed E-state index contributed by atoms with van der Waals surface area (Å²) in [7, 11) is 1.76. The number of carbonyl (C=O) groups excluding carboxylic acids is 1. The van der Waals surface area contributed by atoms with Crippen molar-refractivity contribution in [1.82, 2.24) is 14.7 Å². The number of para-hydroxylation sites is 1. The van der Waals surface area contributed by atoms with Gasteiger partial charge >= 0.3 is 0 Å². The number of nitrogens with zero attached hydrogens (tertiary/aromatic N) is 3. The Morgan fingerprint density at radius 1 is 1.20 bits per heavy atom. The Hall–Kier alpha value is -2.66. The molecule has 0 fully saturated rings. The number of amides is 1. The second kappa shape index (κ2) is 7.07. The molecule has 25 heavy (non-hydrogen) atoms. The van der Waals surface area contributed by atoms with E-state index in [4.69, 9.17) is 11.6 Å². The van der Waals surface area contributed by atoms with Gasteiger partial charge in [0, 0.05) is 17.5 Å². The molecular formula is C19H18ClN3O2. The van der Waals surface area contributed by atoms with E-state index in [1.54, 1.807) is 34.8 Å². The lowest BCUT2D eigenvalue weighted by molar-refractivity contribution is -0.132. The summed E-state index contributed by atoms with van der Waals surface area (Å²) in [5.74, 6) is -0.0937. The quantitative estimate of drug-likeness (QED) is 0.721. The Bertz CT molecular complexity index is 966. The standard InChI is InChI=1S/C19H18ClN3O2/c1-13(14-7-9-15(20)10-8-14)22(2)19(25)12-23-17-6-4-3-5-16(17)18(24)11-21-23/h3-11,13H,12H2,1-2H3.